The quantitative estimate of drug-likeness (QED) is 0.769. The Morgan fingerprint density at radius 1 is 1.00 bits per heavy atom. The van der Waals surface area contributed by atoms with Crippen LogP contribution in [0.4, 0.5) is 18.9 Å². The lowest BCUT2D eigenvalue weighted by atomic mass is 10.1. The molecule has 0 heterocycles. The van der Waals surface area contributed by atoms with E-state index < -0.39 is 12.7 Å². The molecular formula is C13H12F3N. The Hall–Kier alpha value is -1.71. The molecule has 0 amide bonds. The van der Waals surface area contributed by atoms with Crippen molar-refractivity contribution >= 4 is 16.5 Å². The Kier molecular flexibility index (Phi) is 2.96. The molecule has 0 aliphatic rings. The number of halogens is 3. The number of fused-ring (bicyclic) bond motifs is 1. The Morgan fingerprint density at radius 2 is 1.65 bits per heavy atom. The molecule has 0 saturated carbocycles. The highest BCUT2D eigenvalue weighted by Gasteiger charge is 2.29. The van der Waals surface area contributed by atoms with Gasteiger partial charge in [0.05, 0.1) is 0 Å². The number of hydrogen-bond acceptors (Lipinski definition) is 1. The molecule has 2 rings (SSSR count). The Balaban J connectivity index is 2.41. The monoisotopic (exact) mass is 239 g/mol. The summed E-state index contributed by atoms with van der Waals surface area (Å²) in [7, 11) is 1.45. The first kappa shape index (κ1) is 11.8. The van der Waals surface area contributed by atoms with Gasteiger partial charge in [0.25, 0.3) is 0 Å². The fraction of sp³-hybridized carbons (Fsp3) is 0.231. The van der Waals surface area contributed by atoms with Gasteiger partial charge in [-0.2, -0.15) is 13.2 Å². The van der Waals surface area contributed by atoms with Crippen LogP contribution in [-0.4, -0.2) is 19.8 Å². The number of anilines is 1. The van der Waals surface area contributed by atoms with E-state index in [2.05, 4.69) is 0 Å². The van der Waals surface area contributed by atoms with E-state index in [-0.39, 0.29) is 0 Å². The van der Waals surface area contributed by atoms with Gasteiger partial charge < -0.3 is 4.90 Å². The lowest BCUT2D eigenvalue weighted by Gasteiger charge is -2.22. The maximum atomic E-state index is 12.4. The van der Waals surface area contributed by atoms with E-state index in [1.54, 1.807) is 12.1 Å². The van der Waals surface area contributed by atoms with E-state index in [1.165, 1.54) is 11.9 Å². The lowest BCUT2D eigenvalue weighted by molar-refractivity contribution is -0.119. The highest BCUT2D eigenvalue weighted by atomic mass is 19.4. The van der Waals surface area contributed by atoms with Gasteiger partial charge in [0, 0.05) is 18.1 Å². The van der Waals surface area contributed by atoms with E-state index in [9.17, 15) is 13.2 Å². The van der Waals surface area contributed by atoms with Crippen LogP contribution in [0.5, 0.6) is 0 Å². The van der Waals surface area contributed by atoms with Gasteiger partial charge in [-0.05, 0) is 11.5 Å². The zero-order valence-corrected chi connectivity index (χ0v) is 9.33. The summed E-state index contributed by atoms with van der Waals surface area (Å²) in [5.74, 6) is 0. The average molecular weight is 239 g/mol. The molecule has 0 unspecified atom stereocenters. The minimum Gasteiger partial charge on any atom is -0.365 e. The van der Waals surface area contributed by atoms with Gasteiger partial charge >= 0.3 is 6.18 Å². The van der Waals surface area contributed by atoms with Crippen molar-refractivity contribution in [2.75, 3.05) is 18.5 Å². The Morgan fingerprint density at radius 3 is 2.35 bits per heavy atom. The first-order valence-electron chi connectivity index (χ1n) is 5.23. The first-order valence-corrected chi connectivity index (χ1v) is 5.23. The predicted molar refractivity (Wildman–Crippen MR) is 63.3 cm³/mol. The van der Waals surface area contributed by atoms with E-state index in [4.69, 9.17) is 0 Å². The molecule has 2 aromatic carbocycles. The third-order valence-corrected chi connectivity index (χ3v) is 2.59. The van der Waals surface area contributed by atoms with Crippen LogP contribution in [0.25, 0.3) is 10.8 Å². The van der Waals surface area contributed by atoms with Crippen LogP contribution in [0.2, 0.25) is 0 Å². The predicted octanol–water partition coefficient (Wildman–Crippen LogP) is 3.84. The number of nitrogens with zero attached hydrogens (tertiary/aromatic N) is 1. The van der Waals surface area contributed by atoms with Gasteiger partial charge in [0.2, 0.25) is 0 Å². The summed E-state index contributed by atoms with van der Waals surface area (Å²) in [6.07, 6.45) is -4.19. The van der Waals surface area contributed by atoms with Crippen molar-refractivity contribution in [3.05, 3.63) is 42.5 Å². The van der Waals surface area contributed by atoms with Crippen molar-refractivity contribution in [1.82, 2.24) is 0 Å². The Labute approximate surface area is 97.5 Å². The van der Waals surface area contributed by atoms with Crippen molar-refractivity contribution < 1.29 is 13.2 Å². The van der Waals surface area contributed by atoms with Crippen molar-refractivity contribution in [3.8, 4) is 0 Å². The minimum atomic E-state index is -4.19. The van der Waals surface area contributed by atoms with Gasteiger partial charge in [-0.3, -0.25) is 0 Å². The van der Waals surface area contributed by atoms with Crippen molar-refractivity contribution in [3.63, 3.8) is 0 Å². The highest BCUT2D eigenvalue weighted by Crippen LogP contribution is 2.28. The molecule has 0 aliphatic carbocycles. The van der Waals surface area contributed by atoms with Gasteiger partial charge in [-0.25, -0.2) is 0 Å². The molecule has 0 radical (unpaired) electrons. The van der Waals surface area contributed by atoms with Gasteiger partial charge in [-0.1, -0.05) is 36.4 Å². The molecule has 0 aromatic heterocycles. The van der Waals surface area contributed by atoms with Crippen LogP contribution >= 0.6 is 0 Å². The maximum Gasteiger partial charge on any atom is 0.405 e. The van der Waals surface area contributed by atoms with E-state index in [0.29, 0.717) is 5.69 Å². The molecule has 0 fully saturated rings. The minimum absolute atomic E-state index is 0.598. The molecule has 90 valence electrons. The van der Waals surface area contributed by atoms with Crippen molar-refractivity contribution in [2.45, 2.75) is 6.18 Å². The second kappa shape index (κ2) is 4.28. The SMILES string of the molecule is CN(CC(F)(F)F)c1cccc2ccccc12. The van der Waals surface area contributed by atoms with Crippen molar-refractivity contribution in [1.29, 1.82) is 0 Å². The van der Waals surface area contributed by atoms with Gasteiger partial charge in [0.15, 0.2) is 0 Å². The summed E-state index contributed by atoms with van der Waals surface area (Å²) in [5, 5.41) is 1.78. The van der Waals surface area contributed by atoms with Crippen LogP contribution < -0.4 is 4.90 Å². The second-order valence-corrected chi connectivity index (χ2v) is 3.97. The lowest BCUT2D eigenvalue weighted by Crippen LogP contribution is -2.30. The van der Waals surface area contributed by atoms with E-state index in [1.807, 2.05) is 30.3 Å². The van der Waals surface area contributed by atoms with Gasteiger partial charge in [0.1, 0.15) is 6.54 Å². The summed E-state index contributed by atoms with van der Waals surface area (Å²) < 4.78 is 37.1. The molecule has 17 heavy (non-hydrogen) atoms. The fourth-order valence-electron chi connectivity index (χ4n) is 1.90. The fourth-order valence-corrected chi connectivity index (χ4v) is 1.90. The largest absolute Gasteiger partial charge is 0.405 e. The molecule has 0 atom stereocenters. The van der Waals surface area contributed by atoms with E-state index in [0.717, 1.165) is 10.8 Å². The standard InChI is InChI=1S/C13H12F3N/c1-17(9-13(14,15)16)12-8-4-6-10-5-2-3-7-11(10)12/h2-8H,9H2,1H3. The summed E-state index contributed by atoms with van der Waals surface area (Å²) in [6, 6.07) is 12.8. The normalized spacial score (nSPS) is 11.8. The summed E-state index contributed by atoms with van der Waals surface area (Å²) in [6.45, 7) is -0.943. The third-order valence-electron chi connectivity index (χ3n) is 2.59. The topological polar surface area (TPSA) is 3.24 Å². The zero-order valence-electron chi connectivity index (χ0n) is 9.33. The van der Waals surface area contributed by atoms with Crippen LogP contribution in [0.15, 0.2) is 42.5 Å². The first-order chi connectivity index (χ1) is 7.97. The Bertz CT molecular complexity index is 514. The van der Waals surface area contributed by atoms with Crippen LogP contribution in [-0.2, 0) is 0 Å². The third kappa shape index (κ3) is 2.70. The van der Waals surface area contributed by atoms with Crippen LogP contribution in [0.1, 0.15) is 0 Å². The van der Waals surface area contributed by atoms with E-state index >= 15 is 0 Å². The average Bonchev–Trinajstić information content (AvgIpc) is 2.26. The number of alkyl halides is 3. The van der Waals surface area contributed by atoms with Gasteiger partial charge in [-0.15, -0.1) is 0 Å². The second-order valence-electron chi connectivity index (χ2n) is 3.97. The molecule has 1 nitrogen and oxygen atoms in total. The molecule has 0 N–H and O–H groups in total. The molecule has 0 aliphatic heterocycles. The molecular weight excluding hydrogens is 227 g/mol. The highest BCUT2D eigenvalue weighted by molar-refractivity contribution is 5.94. The molecule has 0 spiro atoms. The summed E-state index contributed by atoms with van der Waals surface area (Å²) in [4.78, 5) is 1.22. The number of hydrogen-bond donors (Lipinski definition) is 0. The molecule has 2 aromatic rings. The maximum absolute atomic E-state index is 12.4. The smallest absolute Gasteiger partial charge is 0.365 e. The number of rotatable bonds is 2. The number of benzene rings is 2. The zero-order chi connectivity index (χ0) is 12.5. The molecule has 0 saturated heterocycles. The molecule has 0 bridgehead atoms. The summed E-state index contributed by atoms with van der Waals surface area (Å²) in [5.41, 5.74) is 0.598. The summed E-state index contributed by atoms with van der Waals surface area (Å²) >= 11 is 0. The van der Waals surface area contributed by atoms with Crippen molar-refractivity contribution in [2.24, 2.45) is 0 Å². The van der Waals surface area contributed by atoms with Crippen LogP contribution in [0, 0.1) is 0 Å². The van der Waals surface area contributed by atoms with Crippen LogP contribution in [0.3, 0.4) is 0 Å². The molecule has 4 heteroatoms.